The second-order valence-electron chi connectivity index (χ2n) is 8.65. The van der Waals surface area contributed by atoms with Gasteiger partial charge < -0.3 is 15.1 Å². The number of hydrogen-bond donors (Lipinski definition) is 1. The third-order valence-electron chi connectivity index (χ3n) is 6.36. The van der Waals surface area contributed by atoms with Crippen LogP contribution in [0, 0.1) is 0 Å². The first-order valence-electron chi connectivity index (χ1n) is 11.4. The number of hydrogen-bond acceptors (Lipinski definition) is 5. The van der Waals surface area contributed by atoms with Crippen LogP contribution in [-0.4, -0.2) is 47.9 Å². The lowest BCUT2D eigenvalue weighted by molar-refractivity contribution is -0.117. The lowest BCUT2D eigenvalue weighted by Crippen LogP contribution is -2.36. The van der Waals surface area contributed by atoms with Crippen LogP contribution in [-0.2, 0) is 9.59 Å². The summed E-state index contributed by atoms with van der Waals surface area (Å²) in [6, 6.07) is 15.9. The molecule has 0 bridgehead atoms. The molecule has 0 saturated carbocycles. The fourth-order valence-electron chi connectivity index (χ4n) is 4.65. The Morgan fingerprint density at radius 2 is 1.94 bits per heavy atom. The van der Waals surface area contributed by atoms with Gasteiger partial charge in [-0.15, -0.1) is 11.3 Å². The van der Waals surface area contributed by atoms with Gasteiger partial charge in [0.2, 0.25) is 11.8 Å². The van der Waals surface area contributed by atoms with Gasteiger partial charge in [-0.1, -0.05) is 12.1 Å². The van der Waals surface area contributed by atoms with Crippen LogP contribution in [0.15, 0.2) is 48.5 Å². The van der Waals surface area contributed by atoms with E-state index in [0.717, 1.165) is 62.3 Å². The smallest absolute Gasteiger partial charge is 0.227 e. The fourth-order valence-corrected chi connectivity index (χ4v) is 5.75. The van der Waals surface area contributed by atoms with E-state index in [4.69, 9.17) is 4.98 Å². The summed E-state index contributed by atoms with van der Waals surface area (Å²) < 4.78 is 1.25. The molecule has 2 amide bonds. The zero-order chi connectivity index (χ0) is 21.9. The third kappa shape index (κ3) is 4.69. The van der Waals surface area contributed by atoms with Crippen molar-refractivity contribution in [3.8, 4) is 0 Å². The summed E-state index contributed by atoms with van der Waals surface area (Å²) in [5, 5.41) is 4.21. The lowest BCUT2D eigenvalue weighted by atomic mass is 9.98. The molecule has 2 saturated heterocycles. The first-order valence-corrected chi connectivity index (χ1v) is 12.3. The van der Waals surface area contributed by atoms with Gasteiger partial charge in [-0.25, -0.2) is 4.98 Å². The van der Waals surface area contributed by atoms with E-state index in [0.29, 0.717) is 18.8 Å². The van der Waals surface area contributed by atoms with Crippen LogP contribution in [0.2, 0.25) is 0 Å². The largest absolute Gasteiger partial charge is 0.326 e. The number of fused-ring (bicyclic) bond motifs is 1. The van der Waals surface area contributed by atoms with Crippen molar-refractivity contribution in [1.29, 1.82) is 0 Å². The lowest BCUT2D eigenvalue weighted by Gasteiger charge is -2.31. The normalized spacial score (nSPS) is 19.6. The summed E-state index contributed by atoms with van der Waals surface area (Å²) in [6.07, 6.45) is 4.30. The molecule has 1 N–H and O–H groups in total. The van der Waals surface area contributed by atoms with Crippen molar-refractivity contribution >= 4 is 44.7 Å². The van der Waals surface area contributed by atoms with E-state index in [1.165, 1.54) is 9.71 Å². The Kier molecular flexibility index (Phi) is 6.19. The Balaban J connectivity index is 1.12. The minimum atomic E-state index is 0.0251. The second-order valence-corrected chi connectivity index (χ2v) is 9.72. The van der Waals surface area contributed by atoms with Crippen LogP contribution in [0.1, 0.15) is 43.0 Å². The molecule has 3 heterocycles. The molecule has 1 unspecified atom stereocenters. The Morgan fingerprint density at radius 1 is 1.09 bits per heavy atom. The molecule has 3 aromatic rings. The molecule has 1 aromatic heterocycles. The van der Waals surface area contributed by atoms with E-state index in [1.54, 1.807) is 11.3 Å². The number of nitrogens with one attached hydrogen (secondary N) is 1. The zero-order valence-corrected chi connectivity index (χ0v) is 18.9. The number of rotatable bonds is 6. The van der Waals surface area contributed by atoms with Gasteiger partial charge in [0.15, 0.2) is 0 Å². The standard InChI is InChI=1S/C25H28N4O2S/c30-23(26-19-9-11-20(12-10-19)29-15-4-8-24(29)31)13-16-28-14-3-5-18(17-28)25-27-21-6-1-2-7-22(21)32-25/h1-2,6-7,9-12,18H,3-5,8,13-17H2,(H,26,30). The average molecular weight is 449 g/mol. The number of amides is 2. The SMILES string of the molecule is O=C(CCN1CCCC(c2nc3ccccc3s2)C1)Nc1ccc(N2CCCC2=O)cc1. The summed E-state index contributed by atoms with van der Waals surface area (Å²) in [5.74, 6) is 0.648. The number of para-hydroxylation sites is 1. The fraction of sp³-hybridized carbons (Fsp3) is 0.400. The van der Waals surface area contributed by atoms with Gasteiger partial charge in [-0.3, -0.25) is 9.59 Å². The molecule has 166 valence electrons. The molecule has 0 spiro atoms. The number of aromatic nitrogens is 1. The highest BCUT2D eigenvalue weighted by atomic mass is 32.1. The van der Waals surface area contributed by atoms with Crippen LogP contribution < -0.4 is 10.2 Å². The van der Waals surface area contributed by atoms with Crippen molar-refractivity contribution in [2.24, 2.45) is 0 Å². The first-order chi connectivity index (χ1) is 15.7. The number of piperidine rings is 1. The summed E-state index contributed by atoms with van der Waals surface area (Å²) in [4.78, 5) is 33.4. The minimum absolute atomic E-state index is 0.0251. The Bertz CT molecular complexity index is 1080. The molecular formula is C25H28N4O2S. The molecule has 2 aliphatic rings. The van der Waals surface area contributed by atoms with Gasteiger partial charge in [-0.05, 0) is 62.2 Å². The topological polar surface area (TPSA) is 65.5 Å². The third-order valence-corrected chi connectivity index (χ3v) is 7.56. The number of anilines is 2. The number of thiazole rings is 1. The molecule has 0 aliphatic carbocycles. The molecule has 2 aromatic carbocycles. The highest BCUT2D eigenvalue weighted by molar-refractivity contribution is 7.18. The van der Waals surface area contributed by atoms with Crippen LogP contribution in [0.4, 0.5) is 11.4 Å². The monoisotopic (exact) mass is 448 g/mol. The highest BCUT2D eigenvalue weighted by Gasteiger charge is 2.24. The Labute approximate surface area is 192 Å². The zero-order valence-electron chi connectivity index (χ0n) is 18.1. The van der Waals surface area contributed by atoms with Gasteiger partial charge in [-0.2, -0.15) is 0 Å². The molecular weight excluding hydrogens is 420 g/mol. The van der Waals surface area contributed by atoms with Crippen molar-refractivity contribution in [3.63, 3.8) is 0 Å². The van der Waals surface area contributed by atoms with Gasteiger partial charge in [0.1, 0.15) is 0 Å². The maximum atomic E-state index is 12.5. The summed E-state index contributed by atoms with van der Waals surface area (Å²) in [6.45, 7) is 3.53. The predicted octanol–water partition coefficient (Wildman–Crippen LogP) is 4.63. The molecule has 0 radical (unpaired) electrons. The van der Waals surface area contributed by atoms with Crippen molar-refractivity contribution in [1.82, 2.24) is 9.88 Å². The van der Waals surface area contributed by atoms with Gasteiger partial charge in [0, 0.05) is 49.8 Å². The van der Waals surface area contributed by atoms with E-state index in [2.05, 4.69) is 28.4 Å². The Hall–Kier alpha value is -2.77. The second kappa shape index (κ2) is 9.38. The summed E-state index contributed by atoms with van der Waals surface area (Å²) in [7, 11) is 0. The minimum Gasteiger partial charge on any atom is -0.326 e. The molecule has 7 heteroatoms. The van der Waals surface area contributed by atoms with E-state index in [9.17, 15) is 9.59 Å². The Morgan fingerprint density at radius 3 is 2.72 bits per heavy atom. The molecule has 5 rings (SSSR count). The van der Waals surface area contributed by atoms with Crippen LogP contribution in [0.5, 0.6) is 0 Å². The van der Waals surface area contributed by atoms with Gasteiger partial charge >= 0.3 is 0 Å². The number of benzene rings is 2. The van der Waals surface area contributed by atoms with Gasteiger partial charge in [0.25, 0.3) is 0 Å². The summed E-state index contributed by atoms with van der Waals surface area (Å²) in [5.41, 5.74) is 2.76. The van der Waals surface area contributed by atoms with Crippen LogP contribution >= 0.6 is 11.3 Å². The number of nitrogens with zero attached hydrogens (tertiary/aromatic N) is 3. The van der Waals surface area contributed by atoms with Crippen molar-refractivity contribution in [2.45, 2.75) is 38.0 Å². The molecule has 32 heavy (non-hydrogen) atoms. The quantitative estimate of drug-likeness (QED) is 0.597. The van der Waals surface area contributed by atoms with Gasteiger partial charge in [0.05, 0.1) is 15.2 Å². The number of likely N-dealkylation sites (tertiary alicyclic amines) is 1. The molecule has 1 atom stereocenters. The number of carbonyl (C=O) groups is 2. The van der Waals surface area contributed by atoms with E-state index in [-0.39, 0.29) is 11.8 Å². The first kappa shape index (κ1) is 21.1. The van der Waals surface area contributed by atoms with E-state index in [1.807, 2.05) is 35.2 Å². The van der Waals surface area contributed by atoms with E-state index >= 15 is 0 Å². The van der Waals surface area contributed by atoms with Crippen molar-refractivity contribution in [3.05, 3.63) is 53.5 Å². The molecule has 2 aliphatic heterocycles. The van der Waals surface area contributed by atoms with E-state index < -0.39 is 0 Å². The van der Waals surface area contributed by atoms with Crippen LogP contribution in [0.3, 0.4) is 0 Å². The summed E-state index contributed by atoms with van der Waals surface area (Å²) >= 11 is 1.80. The van der Waals surface area contributed by atoms with Crippen molar-refractivity contribution < 1.29 is 9.59 Å². The number of carbonyl (C=O) groups excluding carboxylic acids is 2. The van der Waals surface area contributed by atoms with Crippen LogP contribution in [0.25, 0.3) is 10.2 Å². The predicted molar refractivity (Wildman–Crippen MR) is 129 cm³/mol. The average Bonchev–Trinajstić information content (AvgIpc) is 3.45. The maximum absolute atomic E-state index is 12.5. The molecule has 2 fully saturated rings. The highest BCUT2D eigenvalue weighted by Crippen LogP contribution is 2.33. The van der Waals surface area contributed by atoms with Crippen molar-refractivity contribution in [2.75, 3.05) is 36.4 Å². The molecule has 6 nitrogen and oxygen atoms in total. The maximum Gasteiger partial charge on any atom is 0.227 e.